The van der Waals surface area contributed by atoms with Crippen LogP contribution in [0, 0.1) is 0 Å². The van der Waals surface area contributed by atoms with E-state index in [0.717, 1.165) is 64.2 Å². The standard InChI is InChI=1S/C61H113N2O7P/c1-6-8-10-12-14-16-18-20-21-22-23-24-25-26-27-28-29-30-31-32-33-34-35-36-37-38-39-40-41-42-44-46-48-50-52-54-60(65)62-58(57-70-71(67,68)69-56-55-63(3,4)5)61(66)59(64)53-51-49-47-45-43-19-17-15-13-11-9-7-2/h7,9,15,17-18,20,22-23,25-26,45,47,58-59,61,64,66H,6,8,10-14,16,19,21,24,27-44,46,48-57H2,1-5H3,(H-,62,65,67,68)/p+1/b9-7+,17-15+,20-18-,23-22-,26-25-,47-45+. The van der Waals surface area contributed by atoms with Gasteiger partial charge in [0.25, 0.3) is 0 Å². The summed E-state index contributed by atoms with van der Waals surface area (Å²) in [4.78, 5) is 23.3. The third-order valence-electron chi connectivity index (χ3n) is 13.1. The van der Waals surface area contributed by atoms with Crippen molar-refractivity contribution >= 4 is 13.7 Å². The first-order valence-corrected chi connectivity index (χ1v) is 30.8. The van der Waals surface area contributed by atoms with Gasteiger partial charge in [0, 0.05) is 6.42 Å². The number of quaternary nitrogens is 1. The molecule has 0 rings (SSSR count). The van der Waals surface area contributed by atoms with Crippen molar-refractivity contribution in [2.45, 2.75) is 270 Å². The summed E-state index contributed by atoms with van der Waals surface area (Å²) in [6.45, 7) is 4.36. The first kappa shape index (κ1) is 68.9. The van der Waals surface area contributed by atoms with Gasteiger partial charge in [0.05, 0.1) is 39.9 Å². The number of carbonyl (C=O) groups excluding carboxylic acids is 1. The molecule has 0 aromatic carbocycles. The van der Waals surface area contributed by atoms with E-state index < -0.39 is 32.7 Å². The number of carbonyl (C=O) groups is 1. The summed E-state index contributed by atoms with van der Waals surface area (Å²) in [5.74, 6) is -0.274. The molecule has 0 heterocycles. The molecule has 9 nitrogen and oxygen atoms in total. The fourth-order valence-corrected chi connectivity index (χ4v) is 9.16. The van der Waals surface area contributed by atoms with Crippen LogP contribution >= 0.6 is 7.82 Å². The molecule has 71 heavy (non-hydrogen) atoms. The first-order valence-electron chi connectivity index (χ1n) is 29.4. The van der Waals surface area contributed by atoms with Gasteiger partial charge < -0.3 is 24.9 Å². The van der Waals surface area contributed by atoms with E-state index in [2.05, 4.69) is 85.2 Å². The maximum atomic E-state index is 13.0. The second-order valence-electron chi connectivity index (χ2n) is 21.1. The number of phosphoric acid groups is 1. The number of aliphatic hydroxyl groups is 2. The number of amides is 1. The number of nitrogens with one attached hydrogen (secondary N) is 1. The fourth-order valence-electron chi connectivity index (χ4n) is 8.43. The highest BCUT2D eigenvalue weighted by Crippen LogP contribution is 2.43. The molecule has 0 aliphatic heterocycles. The smallest absolute Gasteiger partial charge is 0.390 e. The van der Waals surface area contributed by atoms with Gasteiger partial charge >= 0.3 is 7.82 Å². The van der Waals surface area contributed by atoms with Crippen LogP contribution < -0.4 is 5.32 Å². The van der Waals surface area contributed by atoms with Crippen molar-refractivity contribution in [3.05, 3.63) is 72.9 Å². The third-order valence-corrected chi connectivity index (χ3v) is 14.1. The molecule has 0 radical (unpaired) electrons. The minimum absolute atomic E-state index is 0.0109. The molecule has 0 fully saturated rings. The number of aliphatic hydroxyl groups excluding tert-OH is 2. The largest absolute Gasteiger partial charge is 0.472 e. The van der Waals surface area contributed by atoms with E-state index >= 15 is 0 Å². The SMILES string of the molecule is C/C=C/CC/C=C/CC/C=C/CCCC(O)C(O)C(COP(=O)(O)OCC[N+](C)(C)C)NC(=O)CCCCCCCCCCCCCCCCCCCCCC/C=C\C/C=C\C/C=C\CCCCCCC. The number of hydrogen-bond donors (Lipinski definition) is 4. The summed E-state index contributed by atoms with van der Waals surface area (Å²) in [5.41, 5.74) is 0. The van der Waals surface area contributed by atoms with Gasteiger partial charge in [0.15, 0.2) is 0 Å². The van der Waals surface area contributed by atoms with E-state index in [9.17, 15) is 24.5 Å². The summed E-state index contributed by atoms with van der Waals surface area (Å²) < 4.78 is 23.6. The molecule has 414 valence electrons. The molecule has 0 aromatic rings. The predicted molar refractivity (Wildman–Crippen MR) is 306 cm³/mol. The number of allylic oxidation sites excluding steroid dienone is 12. The van der Waals surface area contributed by atoms with Crippen molar-refractivity contribution in [2.75, 3.05) is 40.9 Å². The highest BCUT2D eigenvalue weighted by Gasteiger charge is 2.31. The Hall–Kier alpha value is -2.10. The fraction of sp³-hybridized carbons (Fsp3) is 0.787. The van der Waals surface area contributed by atoms with Crippen LogP contribution in [0.5, 0.6) is 0 Å². The Balaban J connectivity index is 4.06. The minimum Gasteiger partial charge on any atom is -0.390 e. The highest BCUT2D eigenvalue weighted by atomic mass is 31.2. The molecular weight excluding hydrogens is 904 g/mol. The van der Waals surface area contributed by atoms with E-state index in [1.807, 2.05) is 28.1 Å². The summed E-state index contributed by atoms with van der Waals surface area (Å²) in [5, 5.41) is 24.7. The Morgan fingerprint density at radius 2 is 0.901 bits per heavy atom. The Morgan fingerprint density at radius 3 is 1.35 bits per heavy atom. The minimum atomic E-state index is -4.44. The zero-order valence-corrected chi connectivity index (χ0v) is 47.7. The third kappa shape index (κ3) is 52.6. The van der Waals surface area contributed by atoms with Gasteiger partial charge in [-0.05, 0) is 96.8 Å². The first-order chi connectivity index (χ1) is 34.4. The van der Waals surface area contributed by atoms with Crippen molar-refractivity contribution in [3.63, 3.8) is 0 Å². The maximum Gasteiger partial charge on any atom is 0.472 e. The predicted octanol–water partition coefficient (Wildman–Crippen LogP) is 16.8. The Kier molecular flexibility index (Phi) is 49.9. The van der Waals surface area contributed by atoms with E-state index in [1.165, 1.54) is 154 Å². The Morgan fingerprint density at radius 1 is 0.521 bits per heavy atom. The summed E-state index contributed by atoms with van der Waals surface area (Å²) in [6, 6.07) is -1.06. The molecule has 4 N–H and O–H groups in total. The van der Waals surface area contributed by atoms with Gasteiger partial charge in [-0.15, -0.1) is 0 Å². The van der Waals surface area contributed by atoms with Crippen LogP contribution in [0.3, 0.4) is 0 Å². The van der Waals surface area contributed by atoms with Gasteiger partial charge in [-0.2, -0.15) is 0 Å². The van der Waals surface area contributed by atoms with Crippen molar-refractivity contribution in [3.8, 4) is 0 Å². The molecule has 0 aromatic heterocycles. The van der Waals surface area contributed by atoms with E-state index in [0.29, 0.717) is 23.9 Å². The topological polar surface area (TPSA) is 125 Å². The van der Waals surface area contributed by atoms with Gasteiger partial charge in [-0.25, -0.2) is 4.57 Å². The lowest BCUT2D eigenvalue weighted by atomic mass is 10.0. The monoisotopic (exact) mass is 1020 g/mol. The molecule has 0 bridgehead atoms. The van der Waals surface area contributed by atoms with Gasteiger partial charge in [-0.1, -0.05) is 221 Å². The molecule has 0 saturated heterocycles. The Labute approximate surface area is 438 Å². The van der Waals surface area contributed by atoms with E-state index in [4.69, 9.17) is 9.05 Å². The number of unbranched alkanes of at least 4 members (excludes halogenated alkanes) is 28. The van der Waals surface area contributed by atoms with Crippen molar-refractivity contribution < 1.29 is 38.0 Å². The quantitative estimate of drug-likeness (QED) is 0.0207. The summed E-state index contributed by atoms with van der Waals surface area (Å²) in [7, 11) is 1.40. The van der Waals surface area contributed by atoms with Crippen LogP contribution in [-0.2, 0) is 18.4 Å². The van der Waals surface area contributed by atoms with Crippen LogP contribution in [0.4, 0.5) is 0 Å². The zero-order valence-electron chi connectivity index (χ0n) is 46.8. The van der Waals surface area contributed by atoms with E-state index in [1.54, 1.807) is 0 Å². The average molecular weight is 1020 g/mol. The van der Waals surface area contributed by atoms with Crippen LogP contribution in [0.15, 0.2) is 72.9 Å². The molecule has 4 atom stereocenters. The summed E-state index contributed by atoms with van der Waals surface area (Å²) >= 11 is 0. The molecule has 1 amide bonds. The highest BCUT2D eigenvalue weighted by molar-refractivity contribution is 7.47. The average Bonchev–Trinajstić information content (AvgIpc) is 3.33. The van der Waals surface area contributed by atoms with Crippen molar-refractivity contribution in [1.82, 2.24) is 5.32 Å². The number of phosphoric ester groups is 1. The van der Waals surface area contributed by atoms with Crippen molar-refractivity contribution in [1.29, 1.82) is 0 Å². The number of nitrogens with zero attached hydrogens (tertiary/aromatic N) is 1. The molecule has 4 unspecified atom stereocenters. The molecule has 0 spiro atoms. The molecule has 0 aliphatic rings. The van der Waals surface area contributed by atoms with Crippen LogP contribution in [0.25, 0.3) is 0 Å². The normalized spacial score (nSPS) is 14.9. The van der Waals surface area contributed by atoms with Gasteiger partial charge in [0.2, 0.25) is 5.91 Å². The molecule has 0 aliphatic carbocycles. The lowest BCUT2D eigenvalue weighted by molar-refractivity contribution is -0.870. The lowest BCUT2D eigenvalue weighted by Gasteiger charge is -2.28. The number of rotatable bonds is 53. The van der Waals surface area contributed by atoms with Gasteiger partial charge in [-0.3, -0.25) is 13.8 Å². The van der Waals surface area contributed by atoms with E-state index in [-0.39, 0.29) is 18.9 Å². The second kappa shape index (κ2) is 51.4. The Bertz CT molecular complexity index is 1400. The van der Waals surface area contributed by atoms with Crippen LogP contribution in [0.1, 0.15) is 251 Å². The zero-order chi connectivity index (χ0) is 52.2. The number of likely N-dealkylation sites (N-methyl/N-ethyl adjacent to an activating group) is 1. The van der Waals surface area contributed by atoms with Gasteiger partial charge in [0.1, 0.15) is 19.3 Å². The molecular formula is C61H114N2O7P+. The van der Waals surface area contributed by atoms with Crippen LogP contribution in [0.2, 0.25) is 0 Å². The second-order valence-corrected chi connectivity index (χ2v) is 22.6. The number of hydrogen-bond acceptors (Lipinski definition) is 6. The van der Waals surface area contributed by atoms with Crippen molar-refractivity contribution in [2.24, 2.45) is 0 Å². The molecule has 0 saturated carbocycles. The van der Waals surface area contributed by atoms with Crippen LogP contribution in [-0.4, -0.2) is 84.6 Å². The molecule has 10 heteroatoms. The lowest BCUT2D eigenvalue weighted by Crippen LogP contribution is -2.51. The maximum absolute atomic E-state index is 13.0. The summed E-state index contributed by atoms with van der Waals surface area (Å²) in [6.07, 6.45) is 67.4.